The van der Waals surface area contributed by atoms with Crippen LogP contribution in [0.5, 0.6) is 0 Å². The minimum absolute atomic E-state index is 0.0714. The molecule has 3 aromatic rings. The second-order valence-corrected chi connectivity index (χ2v) is 11.4. The van der Waals surface area contributed by atoms with Gasteiger partial charge >= 0.3 is 0 Å². The molecule has 0 unspecified atom stereocenters. The van der Waals surface area contributed by atoms with Crippen LogP contribution in [0, 0.1) is 0 Å². The highest BCUT2D eigenvalue weighted by Crippen LogP contribution is 2.22. The Balaban J connectivity index is 1.91. The number of halogens is 1. The number of rotatable bonds is 10. The van der Waals surface area contributed by atoms with E-state index in [4.69, 9.17) is 11.6 Å². The van der Waals surface area contributed by atoms with E-state index < -0.39 is 11.6 Å². The lowest BCUT2D eigenvalue weighted by atomic mass is 9.98. The van der Waals surface area contributed by atoms with Gasteiger partial charge in [-0.2, -0.15) is 0 Å². The summed E-state index contributed by atoms with van der Waals surface area (Å²) < 4.78 is 0. The topological polar surface area (TPSA) is 49.4 Å². The molecule has 0 spiro atoms. The third kappa shape index (κ3) is 8.75. The summed E-state index contributed by atoms with van der Waals surface area (Å²) in [6, 6.07) is 25.1. The first-order valence-corrected chi connectivity index (χ1v) is 13.4. The molecule has 3 aromatic carbocycles. The van der Waals surface area contributed by atoms with Gasteiger partial charge in [0.1, 0.15) is 6.04 Å². The van der Waals surface area contributed by atoms with Crippen molar-refractivity contribution in [3.8, 4) is 0 Å². The summed E-state index contributed by atoms with van der Waals surface area (Å²) in [5.74, 6) is 0.220. The van der Waals surface area contributed by atoms with E-state index in [1.807, 2.05) is 75.4 Å². The molecule has 196 valence electrons. The van der Waals surface area contributed by atoms with Crippen molar-refractivity contribution in [1.82, 2.24) is 10.2 Å². The molecule has 1 N–H and O–H groups in total. The maximum atomic E-state index is 13.8. The molecule has 0 heterocycles. The molecule has 0 bridgehead atoms. The van der Waals surface area contributed by atoms with Gasteiger partial charge in [0, 0.05) is 29.9 Å². The van der Waals surface area contributed by atoms with E-state index >= 15 is 0 Å². The zero-order valence-electron chi connectivity index (χ0n) is 22.6. The van der Waals surface area contributed by atoms with Crippen LogP contribution in [-0.2, 0) is 29.0 Å². The maximum absolute atomic E-state index is 13.8. The van der Waals surface area contributed by atoms with Crippen LogP contribution in [0.4, 0.5) is 0 Å². The number of nitrogens with one attached hydrogen (secondary N) is 1. The average molecular weight is 519 g/mol. The minimum atomic E-state index is -0.672. The molecule has 0 radical (unpaired) electrons. The fourth-order valence-electron chi connectivity index (χ4n) is 4.28. The predicted molar refractivity (Wildman–Crippen MR) is 153 cm³/mol. The van der Waals surface area contributed by atoms with Crippen LogP contribution < -0.4 is 5.32 Å². The standard InChI is InChI=1S/C32H39ClN2O2/c1-23(2)26-18-15-24(16-19-26)17-20-30(36)35(22-27-13-9-10-14-28(27)33)29(31(37)34-32(3,4)5)21-25-11-7-6-8-12-25/h6-16,18-19,23,29H,17,20-22H2,1-5H3,(H,34,37)/t29-/m0/s1. The number of benzene rings is 3. The summed E-state index contributed by atoms with van der Waals surface area (Å²) >= 11 is 6.50. The Kier molecular flexibility index (Phi) is 9.93. The lowest BCUT2D eigenvalue weighted by Gasteiger charge is -2.34. The van der Waals surface area contributed by atoms with E-state index in [9.17, 15) is 9.59 Å². The number of aryl methyl sites for hydroxylation is 1. The Hall–Kier alpha value is -3.11. The largest absolute Gasteiger partial charge is 0.350 e. The van der Waals surface area contributed by atoms with Gasteiger partial charge in [0.25, 0.3) is 0 Å². The SMILES string of the molecule is CC(C)c1ccc(CCC(=O)N(Cc2ccccc2Cl)[C@@H](Cc2ccccc2)C(=O)NC(C)(C)C)cc1. The van der Waals surface area contributed by atoms with Gasteiger partial charge in [0.05, 0.1) is 0 Å². The monoisotopic (exact) mass is 518 g/mol. The first-order chi connectivity index (χ1) is 17.5. The number of nitrogens with zero attached hydrogens (tertiary/aromatic N) is 1. The van der Waals surface area contributed by atoms with Crippen molar-refractivity contribution in [2.45, 2.75) is 77.9 Å². The quantitative estimate of drug-likeness (QED) is 0.315. The third-order valence-electron chi connectivity index (χ3n) is 6.34. The molecule has 3 rings (SSSR count). The number of amides is 2. The summed E-state index contributed by atoms with van der Waals surface area (Å²) in [5, 5.41) is 3.68. The van der Waals surface area contributed by atoms with Gasteiger partial charge in [-0.25, -0.2) is 0 Å². The van der Waals surface area contributed by atoms with E-state index in [1.54, 1.807) is 4.90 Å². The Labute approximate surface area is 227 Å². The fraction of sp³-hybridized carbons (Fsp3) is 0.375. The minimum Gasteiger partial charge on any atom is -0.350 e. The molecule has 0 aliphatic carbocycles. The van der Waals surface area contributed by atoms with Crippen molar-refractivity contribution in [2.75, 3.05) is 0 Å². The second kappa shape index (κ2) is 12.9. The smallest absolute Gasteiger partial charge is 0.243 e. The van der Waals surface area contributed by atoms with Gasteiger partial charge in [0.15, 0.2) is 0 Å². The van der Waals surface area contributed by atoms with E-state index in [0.717, 1.165) is 16.7 Å². The molecule has 0 saturated heterocycles. The first kappa shape index (κ1) is 28.5. The molecular formula is C32H39ClN2O2. The highest BCUT2D eigenvalue weighted by atomic mass is 35.5. The van der Waals surface area contributed by atoms with Crippen molar-refractivity contribution < 1.29 is 9.59 Å². The number of hydrogen-bond donors (Lipinski definition) is 1. The molecule has 37 heavy (non-hydrogen) atoms. The van der Waals surface area contributed by atoms with Crippen molar-refractivity contribution in [1.29, 1.82) is 0 Å². The molecule has 5 heteroatoms. The van der Waals surface area contributed by atoms with E-state index in [-0.39, 0.29) is 18.4 Å². The summed E-state index contributed by atoms with van der Waals surface area (Å²) in [4.78, 5) is 29.1. The number of hydrogen-bond acceptors (Lipinski definition) is 2. The van der Waals surface area contributed by atoms with Crippen LogP contribution in [0.3, 0.4) is 0 Å². The zero-order valence-corrected chi connectivity index (χ0v) is 23.4. The Morgan fingerprint density at radius 1 is 0.865 bits per heavy atom. The maximum Gasteiger partial charge on any atom is 0.243 e. The molecule has 0 saturated carbocycles. The lowest BCUT2D eigenvalue weighted by molar-refractivity contribution is -0.141. The Morgan fingerprint density at radius 3 is 2.08 bits per heavy atom. The number of carbonyl (C=O) groups is 2. The van der Waals surface area contributed by atoms with Crippen LogP contribution >= 0.6 is 11.6 Å². The predicted octanol–water partition coefficient (Wildman–Crippen LogP) is 6.95. The molecule has 0 fully saturated rings. The van der Waals surface area contributed by atoms with Crippen molar-refractivity contribution in [2.24, 2.45) is 0 Å². The van der Waals surface area contributed by atoms with Crippen molar-refractivity contribution >= 4 is 23.4 Å². The zero-order chi connectivity index (χ0) is 27.0. The molecule has 1 atom stereocenters. The highest BCUT2D eigenvalue weighted by Gasteiger charge is 2.32. The normalized spacial score (nSPS) is 12.3. The molecular weight excluding hydrogens is 480 g/mol. The fourth-order valence-corrected chi connectivity index (χ4v) is 4.48. The first-order valence-electron chi connectivity index (χ1n) is 13.0. The van der Waals surface area contributed by atoms with Crippen LogP contribution in [0.25, 0.3) is 0 Å². The molecule has 4 nitrogen and oxygen atoms in total. The van der Waals surface area contributed by atoms with Gasteiger partial charge in [-0.15, -0.1) is 0 Å². The summed E-state index contributed by atoms with van der Waals surface area (Å²) in [7, 11) is 0. The molecule has 2 amide bonds. The van der Waals surface area contributed by atoms with E-state index in [0.29, 0.717) is 30.2 Å². The highest BCUT2D eigenvalue weighted by molar-refractivity contribution is 6.31. The van der Waals surface area contributed by atoms with Crippen LogP contribution in [0.15, 0.2) is 78.9 Å². The molecule has 0 aliphatic rings. The summed E-state index contributed by atoms with van der Waals surface area (Å²) in [6.07, 6.45) is 1.33. The second-order valence-electron chi connectivity index (χ2n) is 11.0. The van der Waals surface area contributed by atoms with Gasteiger partial charge < -0.3 is 10.2 Å². The van der Waals surface area contributed by atoms with Gasteiger partial charge in [0.2, 0.25) is 11.8 Å². The van der Waals surface area contributed by atoms with Gasteiger partial charge in [-0.3, -0.25) is 9.59 Å². The summed E-state index contributed by atoms with van der Waals surface area (Å²) in [5.41, 5.74) is 3.77. The van der Waals surface area contributed by atoms with Crippen molar-refractivity contribution in [3.63, 3.8) is 0 Å². The van der Waals surface area contributed by atoms with Crippen molar-refractivity contribution in [3.05, 3.63) is 106 Å². The van der Waals surface area contributed by atoms with Gasteiger partial charge in [-0.05, 0) is 61.4 Å². The molecule has 0 aliphatic heterocycles. The lowest BCUT2D eigenvalue weighted by Crippen LogP contribution is -2.54. The Morgan fingerprint density at radius 2 is 1.49 bits per heavy atom. The van der Waals surface area contributed by atoms with Crippen LogP contribution in [-0.4, -0.2) is 28.3 Å². The van der Waals surface area contributed by atoms with Gasteiger partial charge in [-0.1, -0.05) is 98.2 Å². The van der Waals surface area contributed by atoms with E-state index in [2.05, 4.69) is 43.4 Å². The van der Waals surface area contributed by atoms with E-state index in [1.165, 1.54) is 5.56 Å². The average Bonchev–Trinajstić information content (AvgIpc) is 2.85. The summed E-state index contributed by atoms with van der Waals surface area (Å²) in [6.45, 7) is 10.4. The third-order valence-corrected chi connectivity index (χ3v) is 6.71. The number of carbonyl (C=O) groups excluding carboxylic acids is 2. The van der Waals surface area contributed by atoms with Crippen LogP contribution in [0.2, 0.25) is 5.02 Å². The van der Waals surface area contributed by atoms with Crippen LogP contribution in [0.1, 0.15) is 69.2 Å². The molecule has 0 aromatic heterocycles. The Bertz CT molecular complexity index is 1170.